The van der Waals surface area contributed by atoms with E-state index in [9.17, 15) is 5.21 Å². The highest BCUT2D eigenvalue weighted by molar-refractivity contribution is 5.63. The molecule has 90 valence electrons. The van der Waals surface area contributed by atoms with Gasteiger partial charge in [-0.2, -0.15) is 0 Å². The molecule has 0 saturated carbocycles. The Morgan fingerprint density at radius 2 is 1.94 bits per heavy atom. The lowest BCUT2D eigenvalue weighted by atomic mass is 10.1. The standard InChI is InChI=1S/C10H15N2O4/c1-15-9-6-8(12(13)14)10(16-2)5-7(9)3-4-11/h5-6,13H,3-4,11H2,1-2H3/q-1. The van der Waals surface area contributed by atoms with Crippen LogP contribution in [-0.2, 0) is 6.42 Å². The number of nitrogens with zero attached hydrogens (tertiary/aromatic N) is 1. The Bertz CT molecular complexity index is 355. The van der Waals surface area contributed by atoms with Gasteiger partial charge in [0, 0.05) is 6.07 Å². The smallest absolute Gasteiger partial charge is 0.144 e. The number of hydrogen-bond donors (Lipinski definition) is 2. The summed E-state index contributed by atoms with van der Waals surface area (Å²) in [6.07, 6.45) is 0.601. The first-order valence-corrected chi connectivity index (χ1v) is 4.75. The van der Waals surface area contributed by atoms with Crippen molar-refractivity contribution in [2.45, 2.75) is 6.42 Å². The summed E-state index contributed by atoms with van der Waals surface area (Å²) in [7, 11) is 2.90. The van der Waals surface area contributed by atoms with Gasteiger partial charge in [0.1, 0.15) is 11.5 Å². The molecule has 6 heteroatoms. The molecule has 0 radical (unpaired) electrons. The van der Waals surface area contributed by atoms with Gasteiger partial charge in [0.05, 0.1) is 19.9 Å². The third kappa shape index (κ3) is 2.54. The van der Waals surface area contributed by atoms with Gasteiger partial charge < -0.3 is 25.6 Å². The van der Waals surface area contributed by atoms with Gasteiger partial charge in [0.25, 0.3) is 0 Å². The van der Waals surface area contributed by atoms with E-state index in [1.165, 1.54) is 20.3 Å². The molecule has 3 N–H and O–H groups in total. The van der Waals surface area contributed by atoms with Crippen LogP contribution in [0.4, 0.5) is 5.69 Å². The highest BCUT2D eigenvalue weighted by Gasteiger charge is 2.11. The molecule has 0 atom stereocenters. The van der Waals surface area contributed by atoms with Gasteiger partial charge in [-0.05, 0) is 24.6 Å². The number of benzene rings is 1. The quantitative estimate of drug-likeness (QED) is 0.726. The molecule has 0 bridgehead atoms. The predicted molar refractivity (Wildman–Crippen MR) is 59.9 cm³/mol. The van der Waals surface area contributed by atoms with Crippen molar-refractivity contribution in [2.24, 2.45) is 5.73 Å². The summed E-state index contributed by atoms with van der Waals surface area (Å²) in [5, 5.41) is 19.5. The molecule has 1 rings (SSSR count). The average molecular weight is 227 g/mol. The first-order valence-electron chi connectivity index (χ1n) is 4.75. The second kappa shape index (κ2) is 5.55. The Kier molecular flexibility index (Phi) is 4.36. The van der Waals surface area contributed by atoms with Gasteiger partial charge in [-0.3, -0.25) is 5.21 Å². The van der Waals surface area contributed by atoms with Crippen LogP contribution in [-0.4, -0.2) is 26.0 Å². The van der Waals surface area contributed by atoms with Crippen molar-refractivity contribution < 1.29 is 14.7 Å². The summed E-state index contributed by atoms with van der Waals surface area (Å²) in [6, 6.07) is 3.04. The largest absolute Gasteiger partial charge is 0.733 e. The molecule has 1 aromatic rings. The molecule has 0 amide bonds. The lowest BCUT2D eigenvalue weighted by Crippen LogP contribution is -2.11. The summed E-state index contributed by atoms with van der Waals surface area (Å²) >= 11 is 0. The van der Waals surface area contributed by atoms with Gasteiger partial charge in [-0.25, -0.2) is 0 Å². The van der Waals surface area contributed by atoms with Crippen LogP contribution in [0.1, 0.15) is 5.56 Å². The zero-order valence-corrected chi connectivity index (χ0v) is 9.27. The van der Waals surface area contributed by atoms with Crippen LogP contribution in [0.25, 0.3) is 0 Å². The molecule has 0 aliphatic heterocycles. The lowest BCUT2D eigenvalue weighted by molar-refractivity contribution is 0.289. The SMILES string of the molecule is COc1cc(N([O-])O)c(OC)cc1CCN. The Morgan fingerprint density at radius 3 is 2.38 bits per heavy atom. The second-order valence-electron chi connectivity index (χ2n) is 3.15. The van der Waals surface area contributed by atoms with Crippen molar-refractivity contribution in [1.29, 1.82) is 0 Å². The van der Waals surface area contributed by atoms with Gasteiger partial charge in [-0.15, -0.1) is 0 Å². The predicted octanol–water partition coefficient (Wildman–Crippen LogP) is 0.898. The van der Waals surface area contributed by atoms with Crippen molar-refractivity contribution in [2.75, 3.05) is 26.0 Å². The molecule has 0 aromatic heterocycles. The zero-order chi connectivity index (χ0) is 12.1. The Morgan fingerprint density at radius 1 is 1.31 bits per heavy atom. The molecule has 1 aromatic carbocycles. The summed E-state index contributed by atoms with van der Waals surface area (Å²) in [5.74, 6) is 0.776. The van der Waals surface area contributed by atoms with Crippen molar-refractivity contribution in [1.82, 2.24) is 0 Å². The van der Waals surface area contributed by atoms with Crippen LogP contribution in [0.5, 0.6) is 11.5 Å². The molecule has 0 heterocycles. The van der Waals surface area contributed by atoms with E-state index in [1.807, 2.05) is 0 Å². The number of anilines is 1. The fourth-order valence-electron chi connectivity index (χ4n) is 1.45. The van der Waals surface area contributed by atoms with E-state index in [2.05, 4.69) is 0 Å². The first-order chi connectivity index (χ1) is 7.63. The number of nitrogens with two attached hydrogens (primary N) is 1. The highest BCUT2D eigenvalue weighted by atomic mass is 16.8. The highest BCUT2D eigenvalue weighted by Crippen LogP contribution is 2.34. The van der Waals surface area contributed by atoms with E-state index in [4.69, 9.17) is 20.4 Å². The third-order valence-electron chi connectivity index (χ3n) is 2.20. The Balaban J connectivity index is 3.22. The first kappa shape index (κ1) is 12.6. The number of methoxy groups -OCH3 is 2. The van der Waals surface area contributed by atoms with Crippen LogP contribution in [0, 0.1) is 5.21 Å². The van der Waals surface area contributed by atoms with E-state index < -0.39 is 0 Å². The number of hydrogen-bond acceptors (Lipinski definition) is 6. The minimum atomic E-state index is -0.256. The third-order valence-corrected chi connectivity index (χ3v) is 2.20. The van der Waals surface area contributed by atoms with Crippen LogP contribution in [0.15, 0.2) is 12.1 Å². The van der Waals surface area contributed by atoms with E-state index in [0.29, 0.717) is 18.7 Å². The number of ether oxygens (including phenoxy) is 2. The van der Waals surface area contributed by atoms with E-state index in [1.54, 1.807) is 6.07 Å². The minimum Gasteiger partial charge on any atom is -0.733 e. The molecule has 0 unspecified atom stereocenters. The maximum atomic E-state index is 10.9. The fourth-order valence-corrected chi connectivity index (χ4v) is 1.45. The molecule has 6 nitrogen and oxygen atoms in total. The average Bonchev–Trinajstić information content (AvgIpc) is 2.28. The van der Waals surface area contributed by atoms with Gasteiger partial charge in [-0.1, -0.05) is 0 Å². The van der Waals surface area contributed by atoms with Crippen LogP contribution < -0.4 is 20.4 Å². The zero-order valence-electron chi connectivity index (χ0n) is 9.27. The molecule has 0 spiro atoms. The Hall–Kier alpha value is -1.50. The van der Waals surface area contributed by atoms with Crippen LogP contribution in [0.3, 0.4) is 0 Å². The van der Waals surface area contributed by atoms with E-state index >= 15 is 0 Å². The summed E-state index contributed by atoms with van der Waals surface area (Å²) in [6.45, 7) is 0.457. The van der Waals surface area contributed by atoms with E-state index in [0.717, 1.165) is 5.56 Å². The van der Waals surface area contributed by atoms with Crippen molar-refractivity contribution in [3.63, 3.8) is 0 Å². The normalized spacial score (nSPS) is 10.1. The fraction of sp³-hybridized carbons (Fsp3) is 0.400. The van der Waals surface area contributed by atoms with Gasteiger partial charge in [0.2, 0.25) is 0 Å². The molecule has 0 aliphatic rings. The van der Waals surface area contributed by atoms with Crippen molar-refractivity contribution >= 4 is 5.69 Å². The molecular formula is C10H15N2O4-. The Labute approximate surface area is 93.7 Å². The number of rotatable bonds is 5. The summed E-state index contributed by atoms with van der Waals surface area (Å²) < 4.78 is 10.1. The monoisotopic (exact) mass is 227 g/mol. The summed E-state index contributed by atoms with van der Waals surface area (Å²) in [4.78, 5) is 0. The molecular weight excluding hydrogens is 212 g/mol. The van der Waals surface area contributed by atoms with Gasteiger partial charge >= 0.3 is 0 Å². The molecule has 0 saturated heterocycles. The van der Waals surface area contributed by atoms with Gasteiger partial charge in [0.15, 0.2) is 0 Å². The maximum Gasteiger partial charge on any atom is 0.144 e. The topological polar surface area (TPSA) is 91.0 Å². The van der Waals surface area contributed by atoms with E-state index in [-0.39, 0.29) is 16.7 Å². The van der Waals surface area contributed by atoms with Crippen molar-refractivity contribution in [3.05, 3.63) is 22.9 Å². The van der Waals surface area contributed by atoms with Crippen LogP contribution >= 0.6 is 0 Å². The molecule has 16 heavy (non-hydrogen) atoms. The minimum absolute atomic E-state index is 0.000112. The molecule has 0 aliphatic carbocycles. The molecule has 0 fully saturated rings. The summed E-state index contributed by atoms with van der Waals surface area (Å²) in [5.41, 5.74) is 6.28. The maximum absolute atomic E-state index is 10.9. The van der Waals surface area contributed by atoms with Crippen molar-refractivity contribution in [3.8, 4) is 11.5 Å². The second-order valence-corrected chi connectivity index (χ2v) is 3.15. The van der Waals surface area contributed by atoms with Crippen LogP contribution in [0.2, 0.25) is 0 Å². The lowest BCUT2D eigenvalue weighted by Gasteiger charge is -2.25.